The van der Waals surface area contributed by atoms with Gasteiger partial charge in [0.15, 0.2) is 0 Å². The number of rotatable bonds is 4. The van der Waals surface area contributed by atoms with E-state index >= 15 is 0 Å². The van der Waals surface area contributed by atoms with Gasteiger partial charge in [-0.15, -0.1) is 11.3 Å². The molecule has 102 valence electrons. The lowest BCUT2D eigenvalue weighted by atomic mass is 10.2. The Kier molecular flexibility index (Phi) is 4.05. The molecule has 0 bridgehead atoms. The summed E-state index contributed by atoms with van der Waals surface area (Å²) in [5.41, 5.74) is 2.94. The average molecular weight is 370 g/mol. The van der Waals surface area contributed by atoms with Crippen LogP contribution in [0, 0.1) is 0 Å². The number of nitrogens with one attached hydrogen (secondary N) is 1. The highest BCUT2D eigenvalue weighted by Gasteiger charge is 2.10. The molecule has 0 atom stereocenters. The van der Waals surface area contributed by atoms with Gasteiger partial charge in [0.05, 0.1) is 14.5 Å². The van der Waals surface area contributed by atoms with Gasteiger partial charge < -0.3 is 5.32 Å². The summed E-state index contributed by atoms with van der Waals surface area (Å²) < 4.78 is 2.78. The van der Waals surface area contributed by atoms with Gasteiger partial charge >= 0.3 is 0 Å². The Morgan fingerprint density at radius 1 is 1.40 bits per heavy atom. The molecule has 0 saturated carbocycles. The van der Waals surface area contributed by atoms with Gasteiger partial charge in [0.2, 0.25) is 0 Å². The van der Waals surface area contributed by atoms with Gasteiger partial charge in [-0.2, -0.15) is 5.10 Å². The van der Waals surface area contributed by atoms with Crippen LogP contribution in [0.3, 0.4) is 0 Å². The van der Waals surface area contributed by atoms with Gasteiger partial charge in [0, 0.05) is 6.54 Å². The predicted molar refractivity (Wildman–Crippen MR) is 85.7 cm³/mol. The molecule has 1 N–H and O–H groups in total. The summed E-state index contributed by atoms with van der Waals surface area (Å²) in [6.07, 6.45) is 3.12. The maximum Gasteiger partial charge on any atom is 0.138 e. The van der Waals surface area contributed by atoms with E-state index in [1.807, 2.05) is 18.2 Å². The minimum Gasteiger partial charge on any atom is -0.379 e. The van der Waals surface area contributed by atoms with Crippen molar-refractivity contribution >= 4 is 44.6 Å². The molecule has 0 aliphatic heterocycles. The topological polar surface area (TPSA) is 42.7 Å². The van der Waals surface area contributed by atoms with E-state index in [0.717, 1.165) is 21.7 Å². The summed E-state index contributed by atoms with van der Waals surface area (Å²) in [4.78, 5) is 3.96. The summed E-state index contributed by atoms with van der Waals surface area (Å²) in [5.74, 6) is 0. The summed E-state index contributed by atoms with van der Waals surface area (Å²) in [6.45, 7) is 0.726. The lowest BCUT2D eigenvalue weighted by molar-refractivity contribution is 0.878. The van der Waals surface area contributed by atoms with Crippen molar-refractivity contribution in [3.63, 3.8) is 0 Å². The molecule has 0 radical (unpaired) electrons. The van der Waals surface area contributed by atoms with Crippen molar-refractivity contribution in [1.29, 1.82) is 0 Å². The van der Waals surface area contributed by atoms with Crippen molar-refractivity contribution in [2.75, 3.05) is 5.32 Å². The zero-order chi connectivity index (χ0) is 13.9. The lowest BCUT2D eigenvalue weighted by Crippen LogP contribution is -2.05. The first kappa shape index (κ1) is 13.6. The second kappa shape index (κ2) is 5.95. The van der Waals surface area contributed by atoms with Crippen LogP contribution in [0.15, 0.2) is 46.1 Å². The van der Waals surface area contributed by atoms with Crippen LogP contribution in [0.4, 0.5) is 5.69 Å². The Balaban J connectivity index is 1.88. The number of hydrogen-bond acceptors (Lipinski definition) is 4. The van der Waals surface area contributed by atoms with Gasteiger partial charge in [-0.1, -0.05) is 17.7 Å². The van der Waals surface area contributed by atoms with Crippen LogP contribution in [0.5, 0.6) is 0 Å². The smallest absolute Gasteiger partial charge is 0.138 e. The maximum absolute atomic E-state index is 6.27. The summed E-state index contributed by atoms with van der Waals surface area (Å²) >= 11 is 11.4. The van der Waals surface area contributed by atoms with E-state index in [9.17, 15) is 0 Å². The normalized spacial score (nSPS) is 10.7. The fraction of sp³-hybridized carbons (Fsp3) is 0.0769. The highest BCUT2D eigenvalue weighted by atomic mass is 79.9. The molecule has 20 heavy (non-hydrogen) atoms. The lowest BCUT2D eigenvalue weighted by Gasteiger charge is -2.12. The molecule has 0 amide bonds. The fourth-order valence-corrected chi connectivity index (χ4v) is 3.32. The Bertz CT molecular complexity index is 711. The van der Waals surface area contributed by atoms with Gasteiger partial charge in [-0.3, -0.25) is 0 Å². The maximum atomic E-state index is 6.27. The zero-order valence-corrected chi connectivity index (χ0v) is 13.4. The summed E-state index contributed by atoms with van der Waals surface area (Å²) in [6, 6.07) is 7.82. The SMILES string of the molecule is Clc1cccc(NCc2csc(Br)c2)c1-n1cncn1. The molecule has 0 spiro atoms. The van der Waals surface area contributed by atoms with E-state index in [2.05, 4.69) is 42.8 Å². The van der Waals surface area contributed by atoms with Crippen molar-refractivity contribution in [3.05, 3.63) is 56.7 Å². The van der Waals surface area contributed by atoms with Crippen LogP contribution in [0.25, 0.3) is 5.69 Å². The van der Waals surface area contributed by atoms with E-state index in [1.165, 1.54) is 11.9 Å². The molecule has 3 rings (SSSR count). The van der Waals surface area contributed by atoms with E-state index < -0.39 is 0 Å². The molecule has 4 nitrogen and oxygen atoms in total. The molecule has 0 aliphatic rings. The van der Waals surface area contributed by atoms with Crippen LogP contribution >= 0.6 is 38.9 Å². The Hall–Kier alpha value is -1.37. The van der Waals surface area contributed by atoms with Crippen LogP contribution < -0.4 is 5.32 Å². The molecule has 0 aliphatic carbocycles. The quantitative estimate of drug-likeness (QED) is 0.743. The molecule has 0 fully saturated rings. The molecular formula is C13H10BrClN4S. The van der Waals surface area contributed by atoms with Crippen LogP contribution in [0.1, 0.15) is 5.56 Å². The van der Waals surface area contributed by atoms with Crippen LogP contribution in [-0.2, 0) is 6.54 Å². The molecule has 0 saturated heterocycles. The first-order valence-electron chi connectivity index (χ1n) is 5.84. The number of nitrogens with zero attached hydrogens (tertiary/aromatic N) is 3. The van der Waals surface area contributed by atoms with Crippen molar-refractivity contribution < 1.29 is 0 Å². The van der Waals surface area contributed by atoms with E-state index in [4.69, 9.17) is 11.6 Å². The summed E-state index contributed by atoms with van der Waals surface area (Å²) in [5, 5.41) is 10.3. The van der Waals surface area contributed by atoms with Gasteiger partial charge in [0.1, 0.15) is 18.3 Å². The molecule has 1 aromatic carbocycles. The van der Waals surface area contributed by atoms with Gasteiger partial charge in [0.25, 0.3) is 0 Å². The molecule has 2 aromatic heterocycles. The summed E-state index contributed by atoms with van der Waals surface area (Å²) in [7, 11) is 0. The highest BCUT2D eigenvalue weighted by molar-refractivity contribution is 9.11. The second-order valence-corrected chi connectivity index (χ2v) is 6.79. The first-order chi connectivity index (χ1) is 9.74. The number of hydrogen-bond donors (Lipinski definition) is 1. The molecule has 3 aromatic rings. The number of halogens is 2. The molecular weight excluding hydrogens is 360 g/mol. The van der Waals surface area contributed by atoms with Crippen molar-refractivity contribution in [2.45, 2.75) is 6.54 Å². The van der Waals surface area contributed by atoms with E-state index in [1.54, 1.807) is 22.3 Å². The van der Waals surface area contributed by atoms with E-state index in [-0.39, 0.29) is 0 Å². The van der Waals surface area contributed by atoms with Gasteiger partial charge in [-0.05, 0) is 45.1 Å². The number of thiophene rings is 1. The third-order valence-electron chi connectivity index (χ3n) is 2.74. The number of para-hydroxylation sites is 1. The number of anilines is 1. The molecule has 0 unspecified atom stereocenters. The van der Waals surface area contributed by atoms with Crippen LogP contribution in [-0.4, -0.2) is 14.8 Å². The molecule has 7 heteroatoms. The average Bonchev–Trinajstić information content (AvgIpc) is 3.08. The monoisotopic (exact) mass is 368 g/mol. The minimum atomic E-state index is 0.631. The standard InChI is InChI=1S/C13H10BrClN4S/c14-12-4-9(6-20-12)5-17-11-3-1-2-10(15)13(11)19-8-16-7-18-19/h1-4,6-8,17H,5H2. The molecule has 2 heterocycles. The highest BCUT2D eigenvalue weighted by Crippen LogP contribution is 2.28. The third kappa shape index (κ3) is 2.87. The van der Waals surface area contributed by atoms with Gasteiger partial charge in [-0.25, -0.2) is 9.67 Å². The van der Waals surface area contributed by atoms with E-state index in [0.29, 0.717) is 5.02 Å². The Morgan fingerprint density at radius 2 is 2.30 bits per heavy atom. The first-order valence-corrected chi connectivity index (χ1v) is 7.89. The number of benzene rings is 1. The Labute approximate surface area is 133 Å². The Morgan fingerprint density at radius 3 is 3.00 bits per heavy atom. The minimum absolute atomic E-state index is 0.631. The van der Waals surface area contributed by atoms with Crippen LogP contribution in [0.2, 0.25) is 5.02 Å². The van der Waals surface area contributed by atoms with Crippen molar-refractivity contribution in [3.8, 4) is 5.69 Å². The predicted octanol–water partition coefficient (Wildman–Crippen LogP) is 4.36. The van der Waals surface area contributed by atoms with Crippen molar-refractivity contribution in [2.24, 2.45) is 0 Å². The zero-order valence-electron chi connectivity index (χ0n) is 10.3. The largest absolute Gasteiger partial charge is 0.379 e. The third-order valence-corrected chi connectivity index (χ3v) is 4.60. The van der Waals surface area contributed by atoms with Crippen molar-refractivity contribution in [1.82, 2.24) is 14.8 Å². The fourth-order valence-electron chi connectivity index (χ4n) is 1.85. The number of aromatic nitrogens is 3. The second-order valence-electron chi connectivity index (χ2n) is 4.09.